The van der Waals surface area contributed by atoms with Gasteiger partial charge in [0, 0.05) is 6.54 Å². The molecule has 4 heteroatoms. The van der Waals surface area contributed by atoms with Crippen LogP contribution < -0.4 is 4.74 Å². The molecule has 0 spiro atoms. The first kappa shape index (κ1) is 12.4. The lowest BCUT2D eigenvalue weighted by molar-refractivity contribution is 0.0855. The van der Waals surface area contributed by atoms with Crippen molar-refractivity contribution in [2.75, 3.05) is 6.61 Å². The first-order valence-corrected chi connectivity index (χ1v) is 6.61. The van der Waals surface area contributed by atoms with Crippen molar-refractivity contribution in [2.24, 2.45) is 5.92 Å². The molecule has 0 aromatic carbocycles. The molecular weight excluding hydrogens is 216 g/mol. The minimum Gasteiger partial charge on any atom is -0.488 e. The Balaban J connectivity index is 1.69. The number of rotatable bonds is 6. The Morgan fingerprint density at radius 2 is 2.29 bits per heavy atom. The van der Waals surface area contributed by atoms with Crippen molar-refractivity contribution < 1.29 is 9.84 Å². The minimum absolute atomic E-state index is 0.344. The van der Waals surface area contributed by atoms with Crippen molar-refractivity contribution in [3.8, 4) is 5.75 Å². The summed E-state index contributed by atoms with van der Waals surface area (Å²) in [6, 6.07) is 0. The highest BCUT2D eigenvalue weighted by Gasteiger charge is 2.19. The molecule has 1 aliphatic carbocycles. The Kier molecular flexibility index (Phi) is 4.42. The molecule has 0 bridgehead atoms. The average molecular weight is 238 g/mol. The summed E-state index contributed by atoms with van der Waals surface area (Å²) < 4.78 is 7.35. The van der Waals surface area contributed by atoms with Crippen LogP contribution >= 0.6 is 0 Å². The van der Waals surface area contributed by atoms with Crippen LogP contribution in [0.2, 0.25) is 0 Å². The van der Waals surface area contributed by atoms with Crippen LogP contribution in [0.4, 0.5) is 0 Å². The van der Waals surface area contributed by atoms with E-state index in [4.69, 9.17) is 4.74 Å². The van der Waals surface area contributed by atoms with Crippen LogP contribution in [0.1, 0.15) is 39.0 Å². The van der Waals surface area contributed by atoms with Gasteiger partial charge >= 0.3 is 0 Å². The molecule has 17 heavy (non-hydrogen) atoms. The number of aliphatic hydroxyl groups is 1. The molecule has 1 unspecified atom stereocenters. The van der Waals surface area contributed by atoms with Gasteiger partial charge in [0.25, 0.3) is 0 Å². The van der Waals surface area contributed by atoms with Crippen LogP contribution in [0.5, 0.6) is 5.75 Å². The zero-order valence-electron chi connectivity index (χ0n) is 10.5. The van der Waals surface area contributed by atoms with Crippen LogP contribution in [0, 0.1) is 5.92 Å². The lowest BCUT2D eigenvalue weighted by atomic mass is 10.0. The predicted octanol–water partition coefficient (Wildman–Crippen LogP) is 2.22. The highest BCUT2D eigenvalue weighted by atomic mass is 16.5. The van der Waals surface area contributed by atoms with Crippen LogP contribution in [0.25, 0.3) is 0 Å². The molecule has 0 radical (unpaired) electrons. The fraction of sp³-hybridized carbons (Fsp3) is 0.769. The molecule has 1 fully saturated rings. The third-order valence-corrected chi connectivity index (χ3v) is 3.46. The van der Waals surface area contributed by atoms with Gasteiger partial charge in [-0.25, -0.2) is 0 Å². The van der Waals surface area contributed by atoms with E-state index in [1.54, 1.807) is 6.20 Å². The Hall–Kier alpha value is -1.03. The van der Waals surface area contributed by atoms with Gasteiger partial charge in [-0.15, -0.1) is 0 Å². The maximum absolute atomic E-state index is 9.88. The molecule has 1 atom stereocenters. The summed E-state index contributed by atoms with van der Waals surface area (Å²) in [4.78, 5) is 0. The molecule has 0 aliphatic heterocycles. The second-order valence-corrected chi connectivity index (χ2v) is 4.88. The van der Waals surface area contributed by atoms with Crippen LogP contribution in [0.15, 0.2) is 12.4 Å². The minimum atomic E-state index is -0.344. The Bertz CT molecular complexity index is 332. The molecule has 96 valence electrons. The highest BCUT2D eigenvalue weighted by molar-refractivity contribution is 5.11. The zero-order chi connectivity index (χ0) is 12.1. The van der Waals surface area contributed by atoms with Gasteiger partial charge < -0.3 is 9.84 Å². The smallest absolute Gasteiger partial charge is 0.157 e. The number of aryl methyl sites for hydroxylation is 1. The Morgan fingerprint density at radius 3 is 2.94 bits per heavy atom. The molecular formula is C13H22N2O2. The Labute approximate surface area is 103 Å². The van der Waals surface area contributed by atoms with E-state index in [9.17, 15) is 5.11 Å². The monoisotopic (exact) mass is 238 g/mol. The summed E-state index contributed by atoms with van der Waals surface area (Å²) in [5.74, 6) is 1.45. The van der Waals surface area contributed by atoms with Gasteiger partial charge in [0.15, 0.2) is 5.75 Å². The lowest BCUT2D eigenvalue weighted by Crippen LogP contribution is -2.20. The zero-order valence-corrected chi connectivity index (χ0v) is 10.5. The summed E-state index contributed by atoms with van der Waals surface area (Å²) >= 11 is 0. The summed E-state index contributed by atoms with van der Waals surface area (Å²) in [5.41, 5.74) is 0. The molecule has 0 amide bonds. The average Bonchev–Trinajstić information content (AvgIpc) is 2.96. The van der Waals surface area contributed by atoms with E-state index < -0.39 is 0 Å². The van der Waals surface area contributed by atoms with Crippen molar-refractivity contribution >= 4 is 0 Å². The van der Waals surface area contributed by atoms with Crippen molar-refractivity contribution in [3.63, 3.8) is 0 Å². The second kappa shape index (κ2) is 6.05. The van der Waals surface area contributed by atoms with E-state index in [-0.39, 0.29) is 6.10 Å². The molecule has 1 aromatic heterocycles. The SMILES string of the molecule is CCn1cc(OCC(O)CC2CCCC2)cn1. The van der Waals surface area contributed by atoms with Gasteiger partial charge in [-0.05, 0) is 19.3 Å². The highest BCUT2D eigenvalue weighted by Crippen LogP contribution is 2.28. The van der Waals surface area contributed by atoms with E-state index in [1.165, 1.54) is 25.7 Å². The van der Waals surface area contributed by atoms with Gasteiger partial charge in [-0.2, -0.15) is 5.10 Å². The van der Waals surface area contributed by atoms with Crippen molar-refractivity contribution in [1.82, 2.24) is 9.78 Å². The molecule has 1 saturated carbocycles. The van der Waals surface area contributed by atoms with Gasteiger partial charge in [0.1, 0.15) is 6.61 Å². The first-order chi connectivity index (χ1) is 8.28. The molecule has 1 aliphatic rings. The fourth-order valence-electron chi connectivity index (χ4n) is 2.48. The number of nitrogens with zero attached hydrogens (tertiary/aromatic N) is 2. The lowest BCUT2D eigenvalue weighted by Gasteiger charge is -2.15. The van der Waals surface area contributed by atoms with Crippen molar-refractivity contribution in [2.45, 2.75) is 51.7 Å². The van der Waals surface area contributed by atoms with Gasteiger partial charge in [0.05, 0.1) is 18.5 Å². The fourth-order valence-corrected chi connectivity index (χ4v) is 2.48. The summed E-state index contributed by atoms with van der Waals surface area (Å²) in [7, 11) is 0. The van der Waals surface area contributed by atoms with Crippen LogP contribution in [0.3, 0.4) is 0 Å². The van der Waals surface area contributed by atoms with Gasteiger partial charge in [-0.3, -0.25) is 4.68 Å². The molecule has 4 nitrogen and oxygen atoms in total. The molecule has 1 aromatic rings. The summed E-state index contributed by atoms with van der Waals surface area (Å²) in [5, 5.41) is 14.0. The number of aliphatic hydroxyl groups excluding tert-OH is 1. The number of hydrogen-bond donors (Lipinski definition) is 1. The van der Waals surface area contributed by atoms with Crippen molar-refractivity contribution in [1.29, 1.82) is 0 Å². The van der Waals surface area contributed by atoms with Crippen LogP contribution in [-0.4, -0.2) is 27.6 Å². The van der Waals surface area contributed by atoms with E-state index in [2.05, 4.69) is 5.10 Å². The Morgan fingerprint density at radius 1 is 1.53 bits per heavy atom. The normalized spacial score (nSPS) is 18.5. The molecule has 1 heterocycles. The maximum atomic E-state index is 9.88. The summed E-state index contributed by atoms with van der Waals surface area (Å²) in [6.07, 6.45) is 9.28. The predicted molar refractivity (Wildman–Crippen MR) is 66.0 cm³/mol. The standard InChI is InChI=1S/C13H22N2O2/c1-2-15-9-13(8-14-15)17-10-12(16)7-11-5-3-4-6-11/h8-9,11-12,16H,2-7,10H2,1H3. The number of hydrogen-bond acceptors (Lipinski definition) is 3. The molecule has 0 saturated heterocycles. The van der Waals surface area contributed by atoms with E-state index in [0.29, 0.717) is 12.5 Å². The molecule has 1 N–H and O–H groups in total. The third-order valence-electron chi connectivity index (χ3n) is 3.46. The topological polar surface area (TPSA) is 47.3 Å². The quantitative estimate of drug-likeness (QED) is 0.826. The van der Waals surface area contributed by atoms with Crippen LogP contribution in [-0.2, 0) is 6.54 Å². The molecule has 2 rings (SSSR count). The van der Waals surface area contributed by atoms with Crippen molar-refractivity contribution in [3.05, 3.63) is 12.4 Å². The number of aromatic nitrogens is 2. The van der Waals surface area contributed by atoms with E-state index in [0.717, 1.165) is 18.7 Å². The van der Waals surface area contributed by atoms with Gasteiger partial charge in [-0.1, -0.05) is 25.7 Å². The first-order valence-electron chi connectivity index (χ1n) is 6.61. The largest absolute Gasteiger partial charge is 0.488 e. The maximum Gasteiger partial charge on any atom is 0.157 e. The van der Waals surface area contributed by atoms with Gasteiger partial charge in [0.2, 0.25) is 0 Å². The van der Waals surface area contributed by atoms with E-state index in [1.807, 2.05) is 17.8 Å². The van der Waals surface area contributed by atoms with E-state index >= 15 is 0 Å². The summed E-state index contributed by atoms with van der Waals surface area (Å²) in [6.45, 7) is 3.26. The second-order valence-electron chi connectivity index (χ2n) is 4.88. The third kappa shape index (κ3) is 3.73. The number of ether oxygens (including phenoxy) is 1.